The molecule has 0 aliphatic rings. The number of unbranched alkanes of at least 4 members (excludes halogenated alkanes) is 21. The number of allylic oxidation sites excluding steroid dienone is 10. The minimum absolute atomic E-state index is 0.130. The van der Waals surface area contributed by atoms with Crippen molar-refractivity contribution in [2.45, 2.75) is 238 Å². The van der Waals surface area contributed by atoms with Crippen molar-refractivity contribution in [3.05, 3.63) is 60.8 Å². The number of carbonyl (C=O) groups excluding carboxylic acids is 3. The number of aliphatic hydroxyl groups is 1. The lowest BCUT2D eigenvalue weighted by Gasteiger charge is -2.21. The maximum absolute atomic E-state index is 12.8. The first-order valence-corrected chi connectivity index (χ1v) is 27.7. The van der Waals surface area contributed by atoms with Crippen LogP contribution in [0.2, 0.25) is 0 Å². The summed E-state index contributed by atoms with van der Waals surface area (Å²) in [6.45, 7) is 4.42. The highest BCUT2D eigenvalue weighted by Crippen LogP contribution is 2.43. The number of ether oxygens (including phenoxy) is 3. The van der Waals surface area contributed by atoms with Gasteiger partial charge in [-0.05, 0) is 96.3 Å². The number of hydrogen-bond acceptors (Lipinski definition) is 10. The number of carbonyl (C=O) groups is 3. The molecule has 0 radical (unpaired) electrons. The topological polar surface area (TPSA) is 155 Å². The molecule has 0 aromatic rings. The van der Waals surface area contributed by atoms with Crippen LogP contribution in [0.15, 0.2) is 60.8 Å². The predicted molar refractivity (Wildman–Crippen MR) is 270 cm³/mol. The van der Waals surface area contributed by atoms with Gasteiger partial charge < -0.3 is 24.2 Å². The zero-order valence-corrected chi connectivity index (χ0v) is 42.8. The summed E-state index contributed by atoms with van der Waals surface area (Å²) >= 11 is 0. The van der Waals surface area contributed by atoms with Crippen molar-refractivity contribution >= 4 is 25.7 Å². The lowest BCUT2D eigenvalue weighted by atomic mass is 10.1. The smallest absolute Gasteiger partial charge is 0.462 e. The average molecular weight is 951 g/mol. The molecule has 382 valence electrons. The highest BCUT2D eigenvalue weighted by atomic mass is 31.2. The Morgan fingerprint density at radius 1 is 0.439 bits per heavy atom. The molecule has 0 aromatic carbocycles. The van der Waals surface area contributed by atoms with Crippen LogP contribution in [0.5, 0.6) is 0 Å². The van der Waals surface area contributed by atoms with Crippen molar-refractivity contribution in [1.82, 2.24) is 0 Å². The SMILES string of the molecule is CC/C=C\C/C=C\C/C=C\CCCCCC(=O)OC(COC(=O)CCCCCCC/C=C\CCCCCCCC)COP(=O)(O)OCC(CO)OC(=O)CCCCCCC/C=C\CCCC. The zero-order chi connectivity index (χ0) is 48.4. The van der Waals surface area contributed by atoms with E-state index in [0.29, 0.717) is 19.3 Å². The molecule has 0 spiro atoms. The lowest BCUT2D eigenvalue weighted by molar-refractivity contribution is -0.161. The standard InChI is InChI=1S/C54H95O11P/c1-4-7-10-13-16-19-22-24-25-27-29-31-34-37-40-43-52(56)61-47-51(65-54(58)45-42-39-36-33-30-26-23-20-17-14-11-8-5-2)49-63-66(59,60)62-48-50(46-55)64-53(57)44-41-38-35-32-28-21-18-15-12-9-6-3/h8,11,15,17-18,20,24-26,30,50-51,55H,4-7,9-10,12-14,16,19,21-23,27-29,31-49H2,1-3H3,(H,59,60)/b11-8-,18-15-,20-17-,25-24-,30-26-. The van der Waals surface area contributed by atoms with E-state index in [4.69, 9.17) is 23.3 Å². The Morgan fingerprint density at radius 3 is 1.29 bits per heavy atom. The molecule has 0 fully saturated rings. The third-order valence-corrected chi connectivity index (χ3v) is 11.8. The van der Waals surface area contributed by atoms with Gasteiger partial charge in [0, 0.05) is 19.3 Å². The van der Waals surface area contributed by atoms with Crippen LogP contribution < -0.4 is 0 Å². The second-order valence-electron chi connectivity index (χ2n) is 17.3. The molecule has 12 heteroatoms. The monoisotopic (exact) mass is 951 g/mol. The van der Waals surface area contributed by atoms with Crippen LogP contribution in [0.25, 0.3) is 0 Å². The van der Waals surface area contributed by atoms with Gasteiger partial charge in [-0.3, -0.25) is 23.4 Å². The normalized spacial score (nSPS) is 14.0. The van der Waals surface area contributed by atoms with E-state index in [1.807, 2.05) is 0 Å². The number of phosphoric acid groups is 1. The van der Waals surface area contributed by atoms with Crippen molar-refractivity contribution < 1.29 is 52.2 Å². The minimum atomic E-state index is -4.75. The summed E-state index contributed by atoms with van der Waals surface area (Å²) < 4.78 is 39.3. The van der Waals surface area contributed by atoms with Crippen LogP contribution >= 0.6 is 7.82 Å². The van der Waals surface area contributed by atoms with Crippen LogP contribution in [0, 0.1) is 0 Å². The van der Waals surface area contributed by atoms with E-state index >= 15 is 0 Å². The third-order valence-electron chi connectivity index (χ3n) is 10.9. The van der Waals surface area contributed by atoms with Crippen LogP contribution in [0.4, 0.5) is 0 Å². The quantitative estimate of drug-likeness (QED) is 0.0197. The maximum atomic E-state index is 12.8. The number of rotatable bonds is 48. The molecule has 66 heavy (non-hydrogen) atoms. The second-order valence-corrected chi connectivity index (χ2v) is 18.8. The van der Waals surface area contributed by atoms with Crippen LogP contribution in [-0.2, 0) is 42.2 Å². The molecule has 3 atom stereocenters. The van der Waals surface area contributed by atoms with E-state index in [1.54, 1.807) is 0 Å². The maximum Gasteiger partial charge on any atom is 0.472 e. The van der Waals surface area contributed by atoms with Gasteiger partial charge >= 0.3 is 25.7 Å². The first kappa shape index (κ1) is 63.2. The summed E-state index contributed by atoms with van der Waals surface area (Å²) in [5, 5.41) is 9.76. The van der Waals surface area contributed by atoms with E-state index in [9.17, 15) is 28.9 Å². The van der Waals surface area contributed by atoms with Gasteiger partial charge in [0.2, 0.25) is 0 Å². The largest absolute Gasteiger partial charge is 0.472 e. The fourth-order valence-electron chi connectivity index (χ4n) is 6.87. The number of phosphoric ester groups is 1. The Morgan fingerprint density at radius 2 is 0.803 bits per heavy atom. The molecular formula is C54H95O11P. The Balaban J connectivity index is 4.79. The van der Waals surface area contributed by atoms with Gasteiger partial charge in [0.15, 0.2) is 6.10 Å². The molecule has 0 saturated carbocycles. The molecule has 0 bridgehead atoms. The fourth-order valence-corrected chi connectivity index (χ4v) is 7.66. The molecule has 0 amide bonds. The summed E-state index contributed by atoms with van der Waals surface area (Å²) in [6, 6.07) is 0. The Bertz CT molecular complexity index is 1340. The molecule has 0 rings (SSSR count). The molecule has 0 heterocycles. The summed E-state index contributed by atoms with van der Waals surface area (Å²) in [5.41, 5.74) is 0. The first-order valence-electron chi connectivity index (χ1n) is 26.2. The van der Waals surface area contributed by atoms with E-state index in [1.165, 1.54) is 51.4 Å². The average Bonchev–Trinajstić information content (AvgIpc) is 3.30. The Kier molecular flexibility index (Phi) is 46.6. The molecule has 3 unspecified atom stereocenters. The van der Waals surface area contributed by atoms with Gasteiger partial charge in [-0.2, -0.15) is 0 Å². The van der Waals surface area contributed by atoms with E-state index in [2.05, 4.69) is 81.5 Å². The number of esters is 3. The minimum Gasteiger partial charge on any atom is -0.462 e. The molecule has 2 N–H and O–H groups in total. The van der Waals surface area contributed by atoms with Gasteiger partial charge in [0.1, 0.15) is 12.7 Å². The van der Waals surface area contributed by atoms with Crippen molar-refractivity contribution in [3.8, 4) is 0 Å². The molecule has 0 aliphatic heterocycles. The second kappa shape index (κ2) is 48.6. The van der Waals surface area contributed by atoms with Gasteiger partial charge in [0.25, 0.3) is 0 Å². The van der Waals surface area contributed by atoms with Gasteiger partial charge in [0.05, 0.1) is 19.8 Å². The number of hydrogen-bond donors (Lipinski definition) is 2. The summed E-state index contributed by atoms with van der Waals surface area (Å²) in [7, 11) is -4.75. The lowest BCUT2D eigenvalue weighted by Crippen LogP contribution is -2.30. The molecule has 0 aromatic heterocycles. The van der Waals surface area contributed by atoms with Gasteiger partial charge in [-0.15, -0.1) is 0 Å². The fraction of sp³-hybridized carbons (Fsp3) is 0.759. The van der Waals surface area contributed by atoms with Crippen molar-refractivity contribution in [2.75, 3.05) is 26.4 Å². The third kappa shape index (κ3) is 46.3. The Labute approximate surface area is 402 Å². The molecule has 0 saturated heterocycles. The van der Waals surface area contributed by atoms with Gasteiger partial charge in [-0.25, -0.2) is 4.57 Å². The van der Waals surface area contributed by atoms with Crippen molar-refractivity contribution in [2.24, 2.45) is 0 Å². The van der Waals surface area contributed by atoms with Crippen molar-refractivity contribution in [1.29, 1.82) is 0 Å². The Hall–Kier alpha value is -2.82. The van der Waals surface area contributed by atoms with E-state index in [-0.39, 0.29) is 25.9 Å². The highest BCUT2D eigenvalue weighted by Gasteiger charge is 2.28. The first-order chi connectivity index (χ1) is 32.2. The molecular weight excluding hydrogens is 856 g/mol. The van der Waals surface area contributed by atoms with Crippen molar-refractivity contribution in [3.63, 3.8) is 0 Å². The highest BCUT2D eigenvalue weighted by molar-refractivity contribution is 7.47. The predicted octanol–water partition coefficient (Wildman–Crippen LogP) is 14.8. The van der Waals surface area contributed by atoms with Crippen LogP contribution in [0.3, 0.4) is 0 Å². The molecule has 11 nitrogen and oxygen atoms in total. The number of aliphatic hydroxyl groups excluding tert-OH is 1. The van der Waals surface area contributed by atoms with Gasteiger partial charge in [-0.1, -0.05) is 171 Å². The zero-order valence-electron chi connectivity index (χ0n) is 41.9. The van der Waals surface area contributed by atoms with E-state index < -0.39 is 57.8 Å². The molecule has 0 aliphatic carbocycles. The summed E-state index contributed by atoms with van der Waals surface area (Å²) in [4.78, 5) is 48.3. The summed E-state index contributed by atoms with van der Waals surface area (Å²) in [6.07, 6.45) is 50.5. The summed E-state index contributed by atoms with van der Waals surface area (Å²) in [5.74, 6) is -1.52. The van der Waals surface area contributed by atoms with E-state index in [0.717, 1.165) is 116 Å². The van der Waals surface area contributed by atoms with Crippen LogP contribution in [0.1, 0.15) is 226 Å². The van der Waals surface area contributed by atoms with Crippen LogP contribution in [-0.4, -0.2) is 66.5 Å².